The van der Waals surface area contributed by atoms with Crippen molar-refractivity contribution in [3.05, 3.63) is 41.6 Å². The Balaban J connectivity index is 1.74. The SMILES string of the molecule is Cc1cc(C(=O)O)nc(N2CCCN(C(=O)c3ccco3)CC2)n1. The van der Waals surface area contributed by atoms with Crippen LogP contribution >= 0.6 is 0 Å². The van der Waals surface area contributed by atoms with Crippen LogP contribution in [-0.4, -0.2) is 58.0 Å². The summed E-state index contributed by atoms with van der Waals surface area (Å²) in [6, 6.07) is 4.77. The highest BCUT2D eigenvalue weighted by molar-refractivity contribution is 5.91. The van der Waals surface area contributed by atoms with E-state index in [9.17, 15) is 9.59 Å². The summed E-state index contributed by atoms with van der Waals surface area (Å²) in [7, 11) is 0. The number of aromatic nitrogens is 2. The molecule has 0 aliphatic carbocycles. The minimum absolute atomic E-state index is 0.0229. The number of aromatic carboxylic acids is 1. The van der Waals surface area contributed by atoms with Gasteiger partial charge in [0.15, 0.2) is 11.5 Å². The number of hydrogen-bond acceptors (Lipinski definition) is 6. The summed E-state index contributed by atoms with van der Waals surface area (Å²) in [5.41, 5.74) is 0.579. The van der Waals surface area contributed by atoms with Crippen LogP contribution in [0.4, 0.5) is 5.95 Å². The number of nitrogens with zero attached hydrogens (tertiary/aromatic N) is 4. The van der Waals surface area contributed by atoms with Crippen LogP contribution in [0.5, 0.6) is 0 Å². The number of amides is 1. The van der Waals surface area contributed by atoms with Gasteiger partial charge in [-0.15, -0.1) is 0 Å². The highest BCUT2D eigenvalue weighted by Gasteiger charge is 2.23. The van der Waals surface area contributed by atoms with Gasteiger partial charge in [-0.1, -0.05) is 0 Å². The second kappa shape index (κ2) is 6.69. The number of hydrogen-bond donors (Lipinski definition) is 1. The zero-order valence-electron chi connectivity index (χ0n) is 13.3. The van der Waals surface area contributed by atoms with Crippen LogP contribution in [0.25, 0.3) is 0 Å². The van der Waals surface area contributed by atoms with Crippen molar-refractivity contribution < 1.29 is 19.1 Å². The van der Waals surface area contributed by atoms with Crippen LogP contribution in [0.2, 0.25) is 0 Å². The summed E-state index contributed by atoms with van der Waals surface area (Å²) in [5, 5.41) is 9.14. The van der Waals surface area contributed by atoms with Crippen LogP contribution in [-0.2, 0) is 0 Å². The van der Waals surface area contributed by atoms with Gasteiger partial charge >= 0.3 is 5.97 Å². The van der Waals surface area contributed by atoms with E-state index in [1.54, 1.807) is 24.0 Å². The minimum Gasteiger partial charge on any atom is -0.477 e. The van der Waals surface area contributed by atoms with Gasteiger partial charge in [-0.3, -0.25) is 4.79 Å². The second-order valence-corrected chi connectivity index (χ2v) is 5.61. The molecule has 2 aromatic heterocycles. The lowest BCUT2D eigenvalue weighted by atomic mass is 10.3. The topological polar surface area (TPSA) is 99.8 Å². The summed E-state index contributed by atoms with van der Waals surface area (Å²) >= 11 is 0. The molecule has 8 heteroatoms. The van der Waals surface area contributed by atoms with Crippen molar-refractivity contribution in [1.82, 2.24) is 14.9 Å². The zero-order valence-corrected chi connectivity index (χ0v) is 13.3. The summed E-state index contributed by atoms with van der Waals surface area (Å²) in [6.07, 6.45) is 2.22. The van der Waals surface area contributed by atoms with Gasteiger partial charge < -0.3 is 19.3 Å². The maximum Gasteiger partial charge on any atom is 0.354 e. The average Bonchev–Trinajstić information content (AvgIpc) is 2.98. The van der Waals surface area contributed by atoms with E-state index >= 15 is 0 Å². The number of aryl methyl sites for hydroxylation is 1. The van der Waals surface area contributed by atoms with E-state index < -0.39 is 5.97 Å². The van der Waals surface area contributed by atoms with Crippen LogP contribution in [0.15, 0.2) is 28.9 Å². The molecular weight excluding hydrogens is 312 g/mol. The highest BCUT2D eigenvalue weighted by Crippen LogP contribution is 2.15. The van der Waals surface area contributed by atoms with E-state index in [4.69, 9.17) is 9.52 Å². The van der Waals surface area contributed by atoms with Gasteiger partial charge in [0.25, 0.3) is 5.91 Å². The normalized spacial score (nSPS) is 15.2. The molecule has 3 rings (SSSR count). The van der Waals surface area contributed by atoms with Crippen molar-refractivity contribution in [2.75, 3.05) is 31.1 Å². The summed E-state index contributed by atoms with van der Waals surface area (Å²) in [5.74, 6) is -0.507. The monoisotopic (exact) mass is 330 g/mol. The molecule has 0 radical (unpaired) electrons. The molecule has 3 heterocycles. The standard InChI is InChI=1S/C16H18N4O4/c1-11-10-12(15(22)23)18-16(17-11)20-6-3-5-19(7-8-20)14(21)13-4-2-9-24-13/h2,4,9-10H,3,5-8H2,1H3,(H,22,23). The first kappa shape index (κ1) is 16.0. The third-order valence-corrected chi connectivity index (χ3v) is 3.86. The number of rotatable bonds is 3. The molecule has 126 valence electrons. The number of carbonyl (C=O) groups excluding carboxylic acids is 1. The third kappa shape index (κ3) is 3.37. The fraction of sp³-hybridized carbons (Fsp3) is 0.375. The van der Waals surface area contributed by atoms with Gasteiger partial charge in [-0.05, 0) is 31.5 Å². The molecule has 1 fully saturated rings. The maximum atomic E-state index is 12.4. The van der Waals surface area contributed by atoms with Crippen LogP contribution in [0.1, 0.15) is 33.2 Å². The van der Waals surface area contributed by atoms with Crippen molar-refractivity contribution >= 4 is 17.8 Å². The van der Waals surface area contributed by atoms with Crippen molar-refractivity contribution in [3.8, 4) is 0 Å². The molecule has 0 atom stereocenters. The third-order valence-electron chi connectivity index (χ3n) is 3.86. The highest BCUT2D eigenvalue weighted by atomic mass is 16.4. The predicted octanol–water partition coefficient (Wildman–Crippen LogP) is 1.43. The summed E-state index contributed by atoms with van der Waals surface area (Å²) < 4.78 is 5.16. The molecule has 0 bridgehead atoms. The second-order valence-electron chi connectivity index (χ2n) is 5.61. The number of carbonyl (C=O) groups is 2. The van der Waals surface area contributed by atoms with Crippen molar-refractivity contribution in [1.29, 1.82) is 0 Å². The number of anilines is 1. The molecule has 1 amide bonds. The fourth-order valence-electron chi connectivity index (χ4n) is 2.68. The Morgan fingerprint density at radius 1 is 1.21 bits per heavy atom. The largest absolute Gasteiger partial charge is 0.477 e. The molecule has 0 spiro atoms. The Morgan fingerprint density at radius 2 is 2.04 bits per heavy atom. The maximum absolute atomic E-state index is 12.4. The smallest absolute Gasteiger partial charge is 0.354 e. The van der Waals surface area contributed by atoms with Crippen molar-refractivity contribution in [2.45, 2.75) is 13.3 Å². The van der Waals surface area contributed by atoms with Crippen molar-refractivity contribution in [3.63, 3.8) is 0 Å². The van der Waals surface area contributed by atoms with Crippen LogP contribution in [0, 0.1) is 6.92 Å². The number of furan rings is 1. The van der Waals surface area contributed by atoms with Gasteiger partial charge in [0.2, 0.25) is 5.95 Å². The van der Waals surface area contributed by atoms with Gasteiger partial charge in [-0.25, -0.2) is 14.8 Å². The van der Waals surface area contributed by atoms with Gasteiger partial charge in [0, 0.05) is 31.9 Å². The Hall–Kier alpha value is -2.90. The van der Waals surface area contributed by atoms with Crippen LogP contribution < -0.4 is 4.90 Å². The average molecular weight is 330 g/mol. The lowest BCUT2D eigenvalue weighted by Crippen LogP contribution is -2.35. The molecule has 0 unspecified atom stereocenters. The van der Waals surface area contributed by atoms with E-state index in [-0.39, 0.29) is 11.6 Å². The van der Waals surface area contributed by atoms with E-state index in [2.05, 4.69) is 9.97 Å². The number of carboxylic acid groups (broad SMARTS) is 1. The number of carboxylic acids is 1. The van der Waals surface area contributed by atoms with E-state index in [0.717, 1.165) is 6.42 Å². The van der Waals surface area contributed by atoms with Gasteiger partial charge in [-0.2, -0.15) is 0 Å². The Kier molecular flexibility index (Phi) is 4.45. The molecule has 1 aliphatic heterocycles. The predicted molar refractivity (Wildman–Crippen MR) is 85.2 cm³/mol. The molecule has 1 N–H and O–H groups in total. The molecule has 2 aromatic rings. The van der Waals surface area contributed by atoms with Crippen molar-refractivity contribution in [2.24, 2.45) is 0 Å². The first-order chi connectivity index (χ1) is 11.5. The van der Waals surface area contributed by atoms with Gasteiger partial charge in [0.05, 0.1) is 6.26 Å². The summed E-state index contributed by atoms with van der Waals surface area (Å²) in [4.78, 5) is 35.6. The lowest BCUT2D eigenvalue weighted by molar-refractivity contribution is 0.0689. The molecular formula is C16H18N4O4. The molecule has 0 saturated carbocycles. The Morgan fingerprint density at radius 3 is 2.75 bits per heavy atom. The molecule has 24 heavy (non-hydrogen) atoms. The molecule has 1 saturated heterocycles. The quantitative estimate of drug-likeness (QED) is 0.908. The minimum atomic E-state index is -1.08. The molecule has 1 aliphatic rings. The van der Waals surface area contributed by atoms with E-state index in [1.807, 2.05) is 4.90 Å². The van der Waals surface area contributed by atoms with Crippen LogP contribution in [0.3, 0.4) is 0 Å². The van der Waals surface area contributed by atoms with E-state index in [0.29, 0.717) is 43.6 Å². The molecule has 0 aromatic carbocycles. The summed E-state index contributed by atoms with van der Waals surface area (Å²) in [6.45, 7) is 4.04. The first-order valence-corrected chi connectivity index (χ1v) is 7.71. The van der Waals surface area contributed by atoms with Gasteiger partial charge in [0.1, 0.15) is 0 Å². The first-order valence-electron chi connectivity index (χ1n) is 7.71. The lowest BCUT2D eigenvalue weighted by Gasteiger charge is -2.22. The molecule has 8 nitrogen and oxygen atoms in total. The zero-order chi connectivity index (χ0) is 17.1. The fourth-order valence-corrected chi connectivity index (χ4v) is 2.68. The van der Waals surface area contributed by atoms with E-state index in [1.165, 1.54) is 12.3 Å². The Bertz CT molecular complexity index is 745. The Labute approximate surface area is 138 Å².